The fourth-order valence-corrected chi connectivity index (χ4v) is 1.96. The third-order valence-corrected chi connectivity index (χ3v) is 3.14. The zero-order valence-corrected chi connectivity index (χ0v) is 11.7. The molecule has 0 heterocycles. The van der Waals surface area contributed by atoms with Gasteiger partial charge in [-0.15, -0.1) is 0 Å². The molecule has 7 N–H and O–H groups in total. The Morgan fingerprint density at radius 1 is 1.00 bits per heavy atom. The molecule has 0 fully saturated rings. The van der Waals surface area contributed by atoms with Gasteiger partial charge in [0.25, 0.3) is 0 Å². The second kappa shape index (κ2) is 6.21. The summed E-state index contributed by atoms with van der Waals surface area (Å²) in [5.41, 5.74) is 21.0. The summed E-state index contributed by atoms with van der Waals surface area (Å²) in [6, 6.07) is 10.7. The van der Waals surface area contributed by atoms with Gasteiger partial charge in [-0.25, -0.2) is 0 Å². The van der Waals surface area contributed by atoms with E-state index in [1.807, 2.05) is 18.2 Å². The van der Waals surface area contributed by atoms with E-state index in [9.17, 15) is 0 Å². The van der Waals surface area contributed by atoms with Crippen molar-refractivity contribution < 1.29 is 0 Å². The lowest BCUT2D eigenvalue weighted by atomic mass is 10.1. The van der Waals surface area contributed by atoms with Gasteiger partial charge in [0, 0.05) is 23.6 Å². The largest absolute Gasteiger partial charge is 0.399 e. The van der Waals surface area contributed by atoms with Crippen LogP contribution in [0.1, 0.15) is 5.56 Å². The van der Waals surface area contributed by atoms with E-state index in [-0.39, 0.29) is 0 Å². The Morgan fingerprint density at radius 3 is 2.50 bits per heavy atom. The van der Waals surface area contributed by atoms with Crippen LogP contribution in [-0.2, 0) is 0 Å². The number of nitrogens with two attached hydrogens (primary N) is 3. The minimum Gasteiger partial charge on any atom is -0.399 e. The molecule has 0 aliphatic rings. The maximum absolute atomic E-state index is 6.06. The summed E-state index contributed by atoms with van der Waals surface area (Å²) in [6.45, 7) is 0.609. The lowest BCUT2D eigenvalue weighted by molar-refractivity contribution is 1.34. The van der Waals surface area contributed by atoms with E-state index in [0.29, 0.717) is 28.6 Å². The Balaban J connectivity index is 2.00. The minimum absolute atomic E-state index is 0.609. The molecule has 0 saturated carbocycles. The predicted octanol–water partition coefficient (Wildman–Crippen LogP) is 3.21. The molecule has 0 atom stereocenters. The van der Waals surface area contributed by atoms with Crippen LogP contribution >= 0.6 is 11.6 Å². The molecular formula is C15H17ClN4. The average molecular weight is 289 g/mol. The van der Waals surface area contributed by atoms with Crippen molar-refractivity contribution in [2.75, 3.05) is 29.1 Å². The Bertz CT molecular complexity index is 638. The fraction of sp³-hybridized carbons (Fsp3) is 0.0667. The van der Waals surface area contributed by atoms with Crippen LogP contribution in [0.5, 0.6) is 0 Å². The molecule has 0 saturated heterocycles. The highest BCUT2D eigenvalue weighted by Gasteiger charge is 1.99. The average Bonchev–Trinajstić information content (AvgIpc) is 2.42. The van der Waals surface area contributed by atoms with Crippen LogP contribution in [0.2, 0.25) is 5.02 Å². The van der Waals surface area contributed by atoms with E-state index in [4.69, 9.17) is 28.8 Å². The summed E-state index contributed by atoms with van der Waals surface area (Å²) in [7, 11) is 0. The molecule has 0 radical (unpaired) electrons. The van der Waals surface area contributed by atoms with Gasteiger partial charge in [-0.1, -0.05) is 23.8 Å². The number of nitrogen functional groups attached to an aromatic ring is 3. The van der Waals surface area contributed by atoms with Crippen molar-refractivity contribution in [1.29, 1.82) is 0 Å². The van der Waals surface area contributed by atoms with E-state index in [2.05, 4.69) is 5.32 Å². The summed E-state index contributed by atoms with van der Waals surface area (Å²) in [5, 5.41) is 3.82. The maximum Gasteiger partial charge on any atom is 0.0639 e. The quantitative estimate of drug-likeness (QED) is 0.650. The highest BCUT2D eigenvalue weighted by molar-refractivity contribution is 6.33. The number of rotatable bonds is 4. The van der Waals surface area contributed by atoms with Crippen LogP contribution in [0.4, 0.5) is 22.7 Å². The van der Waals surface area contributed by atoms with Crippen molar-refractivity contribution in [3.05, 3.63) is 53.1 Å². The van der Waals surface area contributed by atoms with Crippen LogP contribution in [0.15, 0.2) is 42.5 Å². The lowest BCUT2D eigenvalue weighted by Gasteiger charge is -2.07. The number of nitrogens with one attached hydrogen (secondary N) is 1. The van der Waals surface area contributed by atoms with E-state index in [1.165, 1.54) is 0 Å². The molecule has 0 aliphatic carbocycles. The van der Waals surface area contributed by atoms with Gasteiger partial charge in [-0.05, 0) is 42.0 Å². The second-order valence-corrected chi connectivity index (χ2v) is 4.82. The van der Waals surface area contributed by atoms with Crippen LogP contribution in [0.25, 0.3) is 6.08 Å². The smallest absolute Gasteiger partial charge is 0.0639 e. The summed E-state index contributed by atoms with van der Waals surface area (Å²) < 4.78 is 0. The number of anilines is 4. The van der Waals surface area contributed by atoms with Gasteiger partial charge in [0.15, 0.2) is 0 Å². The van der Waals surface area contributed by atoms with Crippen molar-refractivity contribution in [2.45, 2.75) is 0 Å². The molecular weight excluding hydrogens is 272 g/mol. The van der Waals surface area contributed by atoms with Crippen molar-refractivity contribution in [2.24, 2.45) is 0 Å². The summed E-state index contributed by atoms with van der Waals surface area (Å²) >= 11 is 6.06. The second-order valence-electron chi connectivity index (χ2n) is 4.41. The first-order chi connectivity index (χ1) is 9.56. The molecule has 2 rings (SSSR count). The summed E-state index contributed by atoms with van der Waals surface area (Å²) in [4.78, 5) is 0. The molecule has 0 aliphatic heterocycles. The SMILES string of the molecule is Nc1ccc(N)c(/C=C/CNc2cc(N)ccc2Cl)c1. The van der Waals surface area contributed by atoms with Gasteiger partial charge in [0.05, 0.1) is 10.7 Å². The maximum atomic E-state index is 6.06. The summed E-state index contributed by atoms with van der Waals surface area (Å²) in [5.74, 6) is 0. The minimum atomic E-state index is 0.609. The molecule has 2 aromatic rings. The van der Waals surface area contributed by atoms with Gasteiger partial charge in [-0.3, -0.25) is 0 Å². The van der Waals surface area contributed by atoms with E-state index >= 15 is 0 Å². The van der Waals surface area contributed by atoms with Crippen LogP contribution in [0.3, 0.4) is 0 Å². The number of hydrogen-bond donors (Lipinski definition) is 4. The molecule has 104 valence electrons. The molecule has 5 heteroatoms. The molecule has 0 bridgehead atoms. The van der Waals surface area contributed by atoms with Crippen LogP contribution < -0.4 is 22.5 Å². The third-order valence-electron chi connectivity index (χ3n) is 2.81. The molecule has 4 nitrogen and oxygen atoms in total. The van der Waals surface area contributed by atoms with Crippen molar-refractivity contribution >= 4 is 40.4 Å². The number of hydrogen-bond acceptors (Lipinski definition) is 4. The molecule has 2 aromatic carbocycles. The summed E-state index contributed by atoms with van der Waals surface area (Å²) in [6.07, 6.45) is 3.86. The Hall–Kier alpha value is -2.33. The van der Waals surface area contributed by atoms with Gasteiger partial charge in [-0.2, -0.15) is 0 Å². The van der Waals surface area contributed by atoms with Gasteiger partial charge >= 0.3 is 0 Å². The molecule has 0 unspecified atom stereocenters. The predicted molar refractivity (Wildman–Crippen MR) is 88.7 cm³/mol. The number of halogens is 1. The Morgan fingerprint density at radius 2 is 1.70 bits per heavy atom. The van der Waals surface area contributed by atoms with Gasteiger partial charge < -0.3 is 22.5 Å². The first-order valence-corrected chi connectivity index (χ1v) is 6.54. The monoisotopic (exact) mass is 288 g/mol. The normalized spacial score (nSPS) is 10.8. The first-order valence-electron chi connectivity index (χ1n) is 6.16. The van der Waals surface area contributed by atoms with Crippen molar-refractivity contribution in [3.8, 4) is 0 Å². The van der Waals surface area contributed by atoms with Crippen LogP contribution in [0, 0.1) is 0 Å². The van der Waals surface area contributed by atoms with Crippen molar-refractivity contribution in [3.63, 3.8) is 0 Å². The Labute approximate surface area is 123 Å². The van der Waals surface area contributed by atoms with E-state index < -0.39 is 0 Å². The number of benzene rings is 2. The lowest BCUT2D eigenvalue weighted by Crippen LogP contribution is -2.00. The topological polar surface area (TPSA) is 90.1 Å². The molecule has 0 aromatic heterocycles. The highest BCUT2D eigenvalue weighted by Crippen LogP contribution is 2.24. The zero-order valence-electron chi connectivity index (χ0n) is 10.9. The highest BCUT2D eigenvalue weighted by atomic mass is 35.5. The van der Waals surface area contributed by atoms with Gasteiger partial charge in [0.2, 0.25) is 0 Å². The van der Waals surface area contributed by atoms with Crippen LogP contribution in [-0.4, -0.2) is 6.54 Å². The standard InChI is InChI=1S/C15H17ClN4/c16-13-5-3-12(18)9-15(13)20-7-1-2-10-8-11(17)4-6-14(10)19/h1-6,8-9,20H,7,17-19H2/b2-1+. The molecule has 0 amide bonds. The first kappa shape index (κ1) is 14.1. The zero-order chi connectivity index (χ0) is 14.5. The Kier molecular flexibility index (Phi) is 4.38. The third kappa shape index (κ3) is 3.59. The van der Waals surface area contributed by atoms with E-state index in [0.717, 1.165) is 11.3 Å². The van der Waals surface area contributed by atoms with Crippen molar-refractivity contribution in [1.82, 2.24) is 0 Å². The van der Waals surface area contributed by atoms with Gasteiger partial charge in [0.1, 0.15) is 0 Å². The fourth-order valence-electron chi connectivity index (χ4n) is 1.77. The van der Waals surface area contributed by atoms with E-state index in [1.54, 1.807) is 30.3 Å². The molecule has 0 spiro atoms. The molecule has 20 heavy (non-hydrogen) atoms.